The zero-order valence-corrected chi connectivity index (χ0v) is 13.0. The molecule has 1 aromatic heterocycles. The van der Waals surface area contributed by atoms with Gasteiger partial charge in [0.2, 0.25) is 5.95 Å². The number of fused-ring (bicyclic) bond motifs is 4. The SMILES string of the molecule is Cc1cc(C)nc(N2C3CC(C#N)C2c2ccccc2C3=O)n1. The monoisotopic (exact) mass is 304 g/mol. The van der Waals surface area contributed by atoms with Crippen LogP contribution in [-0.4, -0.2) is 21.8 Å². The summed E-state index contributed by atoms with van der Waals surface area (Å²) < 4.78 is 0. The standard InChI is InChI=1S/C18H16N4O/c1-10-7-11(2)21-18(20-10)22-15-8-12(9-19)16(22)13-5-3-4-6-14(13)17(15)23/h3-7,12,15-16H,8H2,1-2H3. The lowest BCUT2D eigenvalue weighted by atomic mass is 9.90. The summed E-state index contributed by atoms with van der Waals surface area (Å²) in [7, 11) is 0. The highest BCUT2D eigenvalue weighted by Gasteiger charge is 2.51. The van der Waals surface area contributed by atoms with E-state index < -0.39 is 0 Å². The Morgan fingerprint density at radius 1 is 1.22 bits per heavy atom. The Morgan fingerprint density at radius 2 is 1.91 bits per heavy atom. The van der Waals surface area contributed by atoms with Crippen molar-refractivity contribution in [1.29, 1.82) is 5.26 Å². The third kappa shape index (κ3) is 1.95. The molecule has 2 bridgehead atoms. The van der Waals surface area contributed by atoms with Crippen LogP contribution >= 0.6 is 0 Å². The molecule has 5 nitrogen and oxygen atoms in total. The van der Waals surface area contributed by atoms with Gasteiger partial charge >= 0.3 is 0 Å². The van der Waals surface area contributed by atoms with Gasteiger partial charge in [0.05, 0.1) is 24.1 Å². The number of carbonyl (C=O) groups is 1. The summed E-state index contributed by atoms with van der Waals surface area (Å²) in [6.45, 7) is 3.84. The Balaban J connectivity index is 1.92. The van der Waals surface area contributed by atoms with Gasteiger partial charge in [-0.25, -0.2) is 9.97 Å². The summed E-state index contributed by atoms with van der Waals surface area (Å²) in [6.07, 6.45) is 0.533. The van der Waals surface area contributed by atoms with Crippen LogP contribution < -0.4 is 4.90 Å². The first-order valence-corrected chi connectivity index (χ1v) is 7.73. The smallest absolute Gasteiger partial charge is 0.226 e. The fourth-order valence-corrected chi connectivity index (χ4v) is 3.84. The first-order valence-electron chi connectivity index (χ1n) is 7.73. The lowest BCUT2D eigenvalue weighted by molar-refractivity contribution is 0.0954. The number of carbonyl (C=O) groups excluding carboxylic acids is 1. The Morgan fingerprint density at radius 3 is 2.61 bits per heavy atom. The molecule has 2 aromatic rings. The minimum absolute atomic E-state index is 0.0670. The molecule has 0 amide bonds. The number of ketones is 1. The summed E-state index contributed by atoms with van der Waals surface area (Å²) >= 11 is 0. The van der Waals surface area contributed by atoms with Gasteiger partial charge in [0, 0.05) is 17.0 Å². The molecular formula is C18H16N4O. The topological polar surface area (TPSA) is 69.9 Å². The molecular weight excluding hydrogens is 288 g/mol. The van der Waals surface area contributed by atoms with E-state index in [1.807, 2.05) is 49.1 Å². The van der Waals surface area contributed by atoms with Crippen molar-refractivity contribution in [2.45, 2.75) is 32.4 Å². The maximum atomic E-state index is 12.9. The second kappa shape index (κ2) is 4.88. The minimum Gasteiger partial charge on any atom is -0.322 e. The zero-order valence-electron chi connectivity index (χ0n) is 13.0. The highest BCUT2D eigenvalue weighted by Crippen LogP contribution is 2.48. The van der Waals surface area contributed by atoms with E-state index in [1.54, 1.807) is 0 Å². The van der Waals surface area contributed by atoms with E-state index >= 15 is 0 Å². The molecule has 114 valence electrons. The van der Waals surface area contributed by atoms with Gasteiger partial charge in [-0.1, -0.05) is 24.3 Å². The van der Waals surface area contributed by atoms with Crippen molar-refractivity contribution >= 4 is 11.7 Å². The van der Waals surface area contributed by atoms with Crippen molar-refractivity contribution in [2.24, 2.45) is 5.92 Å². The molecule has 3 heterocycles. The summed E-state index contributed by atoms with van der Waals surface area (Å²) in [4.78, 5) is 23.9. The normalized spacial score (nSPS) is 25.2. The van der Waals surface area contributed by atoms with Crippen molar-refractivity contribution in [2.75, 3.05) is 4.90 Å². The molecule has 1 saturated heterocycles. The number of Topliss-reactive ketones (excluding diaryl/α,β-unsaturated/α-hetero) is 1. The number of anilines is 1. The van der Waals surface area contributed by atoms with Crippen LogP contribution in [0.1, 0.15) is 39.8 Å². The minimum atomic E-state index is -0.347. The van der Waals surface area contributed by atoms with Crippen LogP contribution in [0.5, 0.6) is 0 Å². The lowest BCUT2D eigenvalue weighted by Gasteiger charge is -2.35. The molecule has 0 radical (unpaired) electrons. The average Bonchev–Trinajstić information content (AvgIpc) is 2.87. The molecule has 5 heteroatoms. The van der Waals surface area contributed by atoms with Crippen LogP contribution in [0.25, 0.3) is 0 Å². The quantitative estimate of drug-likeness (QED) is 0.810. The number of hydrogen-bond donors (Lipinski definition) is 0. The number of rotatable bonds is 1. The highest BCUT2D eigenvalue weighted by molar-refractivity contribution is 6.05. The van der Waals surface area contributed by atoms with Crippen molar-refractivity contribution in [3.05, 3.63) is 52.8 Å². The molecule has 1 aromatic carbocycles. The first kappa shape index (κ1) is 13.9. The fraction of sp³-hybridized carbons (Fsp3) is 0.333. The summed E-state index contributed by atoms with van der Waals surface area (Å²) in [5.74, 6) is 0.396. The Hall–Kier alpha value is -2.74. The van der Waals surface area contributed by atoms with Crippen LogP contribution in [0, 0.1) is 31.1 Å². The van der Waals surface area contributed by atoms with E-state index in [4.69, 9.17) is 0 Å². The number of nitriles is 1. The third-order valence-electron chi connectivity index (χ3n) is 4.71. The largest absolute Gasteiger partial charge is 0.322 e. The molecule has 3 atom stereocenters. The van der Waals surface area contributed by atoms with E-state index in [0.717, 1.165) is 22.5 Å². The molecule has 1 fully saturated rings. The summed E-state index contributed by atoms with van der Waals surface area (Å²) in [6, 6.07) is 11.4. The van der Waals surface area contributed by atoms with Gasteiger partial charge in [0.25, 0.3) is 0 Å². The van der Waals surface area contributed by atoms with Crippen molar-refractivity contribution in [1.82, 2.24) is 9.97 Å². The maximum absolute atomic E-state index is 12.9. The van der Waals surface area contributed by atoms with Crippen LogP contribution in [-0.2, 0) is 0 Å². The van der Waals surface area contributed by atoms with E-state index in [1.165, 1.54) is 0 Å². The number of nitrogens with zero attached hydrogens (tertiary/aromatic N) is 4. The second-order valence-electron chi connectivity index (χ2n) is 6.24. The fourth-order valence-electron chi connectivity index (χ4n) is 3.84. The third-order valence-corrected chi connectivity index (χ3v) is 4.71. The van der Waals surface area contributed by atoms with Gasteiger partial charge in [-0.2, -0.15) is 5.26 Å². The molecule has 2 aliphatic heterocycles. The number of aryl methyl sites for hydroxylation is 2. The summed E-state index contributed by atoms with van der Waals surface area (Å²) in [5, 5.41) is 9.57. The maximum Gasteiger partial charge on any atom is 0.226 e. The molecule has 0 N–H and O–H groups in total. The molecule has 4 rings (SSSR count). The van der Waals surface area contributed by atoms with Gasteiger partial charge < -0.3 is 4.90 Å². The Bertz CT molecular complexity index is 834. The van der Waals surface area contributed by atoms with Crippen LogP contribution in [0.2, 0.25) is 0 Å². The van der Waals surface area contributed by atoms with Crippen molar-refractivity contribution < 1.29 is 4.79 Å². The van der Waals surface area contributed by atoms with Crippen molar-refractivity contribution in [3.8, 4) is 6.07 Å². The van der Waals surface area contributed by atoms with Crippen LogP contribution in [0.3, 0.4) is 0 Å². The van der Waals surface area contributed by atoms with Crippen LogP contribution in [0.4, 0.5) is 5.95 Å². The molecule has 0 aliphatic carbocycles. The van der Waals surface area contributed by atoms with E-state index in [-0.39, 0.29) is 23.8 Å². The Labute approximate surface area is 134 Å². The molecule has 0 spiro atoms. The van der Waals surface area contributed by atoms with E-state index in [0.29, 0.717) is 12.4 Å². The molecule has 3 unspecified atom stereocenters. The lowest BCUT2D eigenvalue weighted by Crippen LogP contribution is -2.43. The van der Waals surface area contributed by atoms with Gasteiger partial charge in [0.15, 0.2) is 5.78 Å². The van der Waals surface area contributed by atoms with Gasteiger partial charge in [0.1, 0.15) is 0 Å². The van der Waals surface area contributed by atoms with Crippen LogP contribution in [0.15, 0.2) is 30.3 Å². The van der Waals surface area contributed by atoms with Gasteiger partial charge in [-0.3, -0.25) is 4.79 Å². The predicted molar refractivity (Wildman–Crippen MR) is 85.0 cm³/mol. The molecule has 2 aliphatic rings. The second-order valence-corrected chi connectivity index (χ2v) is 6.24. The molecule has 23 heavy (non-hydrogen) atoms. The summed E-state index contributed by atoms with van der Waals surface area (Å²) in [5.41, 5.74) is 3.39. The van der Waals surface area contributed by atoms with E-state index in [9.17, 15) is 10.1 Å². The van der Waals surface area contributed by atoms with E-state index in [2.05, 4.69) is 16.0 Å². The number of benzene rings is 1. The molecule has 0 saturated carbocycles. The van der Waals surface area contributed by atoms with Gasteiger partial charge in [-0.05, 0) is 31.9 Å². The first-order chi connectivity index (χ1) is 11.1. The average molecular weight is 304 g/mol. The van der Waals surface area contributed by atoms with Gasteiger partial charge in [-0.15, -0.1) is 0 Å². The Kier molecular flexibility index (Phi) is 2.95. The number of aromatic nitrogens is 2. The van der Waals surface area contributed by atoms with Crippen molar-refractivity contribution in [3.63, 3.8) is 0 Å². The predicted octanol–water partition coefficient (Wildman–Crippen LogP) is 2.75. The highest BCUT2D eigenvalue weighted by atomic mass is 16.1. The zero-order chi connectivity index (χ0) is 16.1. The number of hydrogen-bond acceptors (Lipinski definition) is 5.